The lowest BCUT2D eigenvalue weighted by molar-refractivity contribution is -0.139. The number of nitrogens with zero attached hydrogens (tertiary/aromatic N) is 3. The average Bonchev–Trinajstić information content (AvgIpc) is 3.42. The van der Waals surface area contributed by atoms with E-state index in [0.29, 0.717) is 39.3 Å². The summed E-state index contributed by atoms with van der Waals surface area (Å²) in [6, 6.07) is 13.1. The van der Waals surface area contributed by atoms with Gasteiger partial charge in [-0.15, -0.1) is 0 Å². The summed E-state index contributed by atoms with van der Waals surface area (Å²) >= 11 is 1.13. The number of ether oxygens (including phenoxy) is 2. The summed E-state index contributed by atoms with van der Waals surface area (Å²) in [7, 11) is 1.30. The van der Waals surface area contributed by atoms with Crippen molar-refractivity contribution in [1.82, 2.24) is 4.57 Å². The van der Waals surface area contributed by atoms with Gasteiger partial charge in [0.05, 0.1) is 47.9 Å². The molecule has 1 atom stereocenters. The van der Waals surface area contributed by atoms with Crippen LogP contribution in [0.2, 0.25) is 0 Å². The molecule has 40 heavy (non-hydrogen) atoms. The van der Waals surface area contributed by atoms with Crippen LogP contribution in [-0.4, -0.2) is 42.7 Å². The molecule has 0 saturated heterocycles. The summed E-state index contributed by atoms with van der Waals surface area (Å²) in [5.41, 5.74) is 2.96. The number of fused-ring (bicyclic) bond motifs is 2. The molecule has 0 radical (unpaired) electrons. The SMILES string of the molecule is CCCCN1C(=O)C(=c2sc3n(c2=O)C(c2ccc(C(=O)OC)cc2)C(C(=O)OCC)=C(C)N=3)c2ccccc21. The number of carbonyl (C=O) groups excluding carboxylic acids is 3. The maximum Gasteiger partial charge on any atom is 0.338 e. The molecule has 2 aliphatic rings. The van der Waals surface area contributed by atoms with Gasteiger partial charge < -0.3 is 14.4 Å². The van der Waals surface area contributed by atoms with E-state index < -0.39 is 23.5 Å². The number of amides is 1. The molecule has 5 rings (SSSR count). The van der Waals surface area contributed by atoms with Crippen molar-refractivity contribution in [2.24, 2.45) is 4.99 Å². The second kappa shape index (κ2) is 11.1. The summed E-state index contributed by atoms with van der Waals surface area (Å²) in [5, 5.41) is 0. The van der Waals surface area contributed by atoms with E-state index in [1.807, 2.05) is 24.3 Å². The number of hydrogen-bond donors (Lipinski definition) is 0. The average molecular weight is 560 g/mol. The number of unbranched alkanes of at least 4 members (excludes halogenated alkanes) is 1. The van der Waals surface area contributed by atoms with Crippen LogP contribution in [0.15, 0.2) is 69.6 Å². The lowest BCUT2D eigenvalue weighted by atomic mass is 9.95. The molecule has 0 spiro atoms. The van der Waals surface area contributed by atoms with Gasteiger partial charge in [-0.2, -0.15) is 0 Å². The lowest BCUT2D eigenvalue weighted by Gasteiger charge is -2.24. The van der Waals surface area contributed by atoms with Crippen LogP contribution in [0.3, 0.4) is 0 Å². The molecule has 1 aromatic heterocycles. The maximum atomic E-state index is 14.2. The quantitative estimate of drug-likeness (QED) is 0.412. The first kappa shape index (κ1) is 27.3. The zero-order valence-corrected chi connectivity index (χ0v) is 23.5. The topological polar surface area (TPSA) is 107 Å². The van der Waals surface area contributed by atoms with Gasteiger partial charge in [0, 0.05) is 12.1 Å². The van der Waals surface area contributed by atoms with E-state index in [4.69, 9.17) is 9.47 Å². The zero-order valence-electron chi connectivity index (χ0n) is 22.7. The van der Waals surface area contributed by atoms with Crippen molar-refractivity contribution in [1.29, 1.82) is 0 Å². The van der Waals surface area contributed by atoms with Crippen molar-refractivity contribution in [3.05, 3.63) is 96.2 Å². The van der Waals surface area contributed by atoms with E-state index in [1.165, 1.54) is 11.7 Å². The van der Waals surface area contributed by atoms with Crippen LogP contribution in [-0.2, 0) is 19.1 Å². The molecule has 0 bridgehead atoms. The second-order valence-corrected chi connectivity index (χ2v) is 10.4. The number of benzene rings is 2. The number of thiazole rings is 1. The van der Waals surface area contributed by atoms with Gasteiger partial charge in [0.2, 0.25) is 0 Å². The van der Waals surface area contributed by atoms with Gasteiger partial charge in [0.15, 0.2) is 4.80 Å². The van der Waals surface area contributed by atoms with Gasteiger partial charge >= 0.3 is 11.9 Å². The first-order valence-corrected chi connectivity index (χ1v) is 14.0. The predicted molar refractivity (Wildman–Crippen MR) is 151 cm³/mol. The van der Waals surface area contributed by atoms with Crippen LogP contribution in [0.25, 0.3) is 5.57 Å². The Bertz CT molecular complexity index is 1730. The Balaban J connectivity index is 1.75. The van der Waals surface area contributed by atoms with Crippen molar-refractivity contribution < 1.29 is 23.9 Å². The van der Waals surface area contributed by atoms with Crippen LogP contribution >= 0.6 is 11.3 Å². The minimum absolute atomic E-state index is 0.150. The van der Waals surface area contributed by atoms with E-state index in [2.05, 4.69) is 11.9 Å². The van der Waals surface area contributed by atoms with E-state index in [-0.39, 0.29) is 22.6 Å². The Morgan fingerprint density at radius 3 is 2.42 bits per heavy atom. The summed E-state index contributed by atoms with van der Waals surface area (Å²) in [5.74, 6) is -1.31. The van der Waals surface area contributed by atoms with Crippen LogP contribution in [0.5, 0.6) is 0 Å². The summed E-state index contributed by atoms with van der Waals surface area (Å²) in [4.78, 5) is 59.8. The Kier molecular flexibility index (Phi) is 7.53. The van der Waals surface area contributed by atoms with Gasteiger partial charge in [-0.3, -0.25) is 14.2 Å². The third-order valence-corrected chi connectivity index (χ3v) is 8.08. The molecule has 3 aromatic rings. The molecule has 206 valence electrons. The minimum atomic E-state index is -0.862. The van der Waals surface area contributed by atoms with Crippen LogP contribution < -0.4 is 19.8 Å². The molecule has 3 heterocycles. The first-order chi connectivity index (χ1) is 19.3. The number of allylic oxidation sites excluding steroid dienone is 1. The van der Waals surface area contributed by atoms with E-state index in [1.54, 1.807) is 43.0 Å². The molecule has 1 unspecified atom stereocenters. The van der Waals surface area contributed by atoms with E-state index >= 15 is 0 Å². The van der Waals surface area contributed by atoms with Crippen molar-refractivity contribution in [3.63, 3.8) is 0 Å². The Morgan fingerprint density at radius 1 is 1.02 bits per heavy atom. The maximum absolute atomic E-state index is 14.2. The Labute approximate surface area is 234 Å². The van der Waals surface area contributed by atoms with Gasteiger partial charge in [-0.05, 0) is 44.0 Å². The number of rotatable bonds is 7. The molecule has 2 aromatic carbocycles. The Morgan fingerprint density at radius 2 is 1.75 bits per heavy atom. The number of aromatic nitrogens is 1. The summed E-state index contributed by atoms with van der Waals surface area (Å²) < 4.78 is 11.9. The highest BCUT2D eigenvalue weighted by molar-refractivity contribution is 7.07. The van der Waals surface area contributed by atoms with Gasteiger partial charge in [-0.25, -0.2) is 14.6 Å². The molecular formula is C30H29N3O6S. The second-order valence-electron chi connectivity index (χ2n) is 9.44. The fourth-order valence-corrected chi connectivity index (χ4v) is 6.25. The number of carbonyl (C=O) groups is 3. The van der Waals surface area contributed by atoms with Crippen molar-refractivity contribution in [3.8, 4) is 0 Å². The van der Waals surface area contributed by atoms with Crippen molar-refractivity contribution >= 4 is 40.4 Å². The van der Waals surface area contributed by atoms with Crippen molar-refractivity contribution in [2.75, 3.05) is 25.2 Å². The van der Waals surface area contributed by atoms with Gasteiger partial charge in [-0.1, -0.05) is 55.0 Å². The highest BCUT2D eigenvalue weighted by Gasteiger charge is 2.37. The van der Waals surface area contributed by atoms with Gasteiger partial charge in [0.25, 0.3) is 11.5 Å². The number of esters is 2. The van der Waals surface area contributed by atoms with Crippen LogP contribution in [0, 0.1) is 0 Å². The van der Waals surface area contributed by atoms with Crippen molar-refractivity contribution in [2.45, 2.75) is 39.7 Å². The normalized spacial score (nSPS) is 17.4. The largest absolute Gasteiger partial charge is 0.465 e. The third kappa shape index (κ3) is 4.48. The molecule has 1 amide bonds. The first-order valence-electron chi connectivity index (χ1n) is 13.1. The molecule has 0 saturated carbocycles. The summed E-state index contributed by atoms with van der Waals surface area (Å²) in [6.07, 6.45) is 1.76. The summed E-state index contributed by atoms with van der Waals surface area (Å²) in [6.45, 7) is 6.17. The fourth-order valence-electron chi connectivity index (χ4n) is 5.11. The third-order valence-electron chi connectivity index (χ3n) is 7.03. The molecule has 0 aliphatic carbocycles. The molecular weight excluding hydrogens is 530 g/mol. The molecule has 9 nitrogen and oxygen atoms in total. The number of para-hydroxylation sites is 1. The van der Waals surface area contributed by atoms with Gasteiger partial charge in [0.1, 0.15) is 4.53 Å². The predicted octanol–water partition coefficient (Wildman–Crippen LogP) is 3.10. The number of hydrogen-bond acceptors (Lipinski definition) is 8. The van der Waals surface area contributed by atoms with E-state index in [9.17, 15) is 19.2 Å². The highest BCUT2D eigenvalue weighted by Crippen LogP contribution is 2.36. The number of anilines is 1. The fraction of sp³-hybridized carbons (Fsp3) is 0.300. The molecule has 0 N–H and O–H groups in total. The lowest BCUT2D eigenvalue weighted by Crippen LogP contribution is -2.41. The van der Waals surface area contributed by atoms with Crippen LogP contribution in [0.1, 0.15) is 61.1 Å². The molecule has 2 aliphatic heterocycles. The minimum Gasteiger partial charge on any atom is -0.465 e. The highest BCUT2D eigenvalue weighted by atomic mass is 32.1. The molecule has 10 heteroatoms. The Hall–Kier alpha value is -4.31. The van der Waals surface area contributed by atoms with E-state index in [0.717, 1.165) is 29.9 Å². The standard InChI is InChI=1S/C30H29N3O6S/c1-5-7-16-32-21-11-9-8-10-20(21)23(26(32)34)25-27(35)33-24(18-12-14-19(15-13-18)28(36)38-4)22(29(37)39-6-2)17(3)31-30(33)40-25/h8-15,24H,5-7,16H2,1-4H3. The molecule has 0 fully saturated rings. The zero-order chi connectivity index (χ0) is 28.6. The number of methoxy groups -OCH3 is 1. The van der Waals surface area contributed by atoms with Crippen LogP contribution in [0.4, 0.5) is 5.69 Å². The smallest absolute Gasteiger partial charge is 0.338 e. The monoisotopic (exact) mass is 559 g/mol.